The summed E-state index contributed by atoms with van der Waals surface area (Å²) in [7, 11) is 0. The predicted octanol–water partition coefficient (Wildman–Crippen LogP) is 1.81. The second kappa shape index (κ2) is 8.64. The van der Waals surface area contributed by atoms with E-state index in [4.69, 9.17) is 4.74 Å². The van der Waals surface area contributed by atoms with E-state index in [1.54, 1.807) is 0 Å². The Kier molecular flexibility index (Phi) is 7.44. The van der Waals surface area contributed by atoms with Gasteiger partial charge in [0.15, 0.2) is 0 Å². The zero-order valence-electron chi connectivity index (χ0n) is 10.9. The number of carbonyl (C=O) groups excluding carboxylic acids is 1. The lowest BCUT2D eigenvalue weighted by Crippen LogP contribution is -2.45. The number of ether oxygens (including phenoxy) is 1. The summed E-state index contributed by atoms with van der Waals surface area (Å²) in [5.41, 5.74) is 0. The first-order valence-corrected chi connectivity index (χ1v) is 7.54. The summed E-state index contributed by atoms with van der Waals surface area (Å²) in [4.78, 5) is 13.6. The summed E-state index contributed by atoms with van der Waals surface area (Å²) < 4.78 is 5.44. The molecular formula is C12H24N2O2S. The number of hydrogen-bond donors (Lipinski definition) is 1. The minimum atomic E-state index is 0.0535. The molecule has 1 heterocycles. The SMILES string of the molecule is CC(C)CCOCCNC(=O)N1CCSCC1. The summed E-state index contributed by atoms with van der Waals surface area (Å²) in [5, 5.41) is 2.89. The van der Waals surface area contributed by atoms with E-state index in [9.17, 15) is 4.79 Å². The van der Waals surface area contributed by atoms with E-state index in [1.165, 1.54) is 0 Å². The van der Waals surface area contributed by atoms with Gasteiger partial charge in [0.25, 0.3) is 0 Å². The molecule has 5 heteroatoms. The normalized spacial score (nSPS) is 16.3. The molecule has 2 amide bonds. The molecule has 1 aliphatic heterocycles. The van der Waals surface area contributed by atoms with Gasteiger partial charge in [-0.2, -0.15) is 11.8 Å². The second-order valence-electron chi connectivity index (χ2n) is 4.63. The van der Waals surface area contributed by atoms with E-state index in [-0.39, 0.29) is 6.03 Å². The van der Waals surface area contributed by atoms with E-state index >= 15 is 0 Å². The van der Waals surface area contributed by atoms with Gasteiger partial charge in [-0.05, 0) is 12.3 Å². The molecule has 1 aliphatic rings. The van der Waals surface area contributed by atoms with Crippen molar-refractivity contribution in [1.82, 2.24) is 10.2 Å². The third kappa shape index (κ3) is 6.78. The maximum Gasteiger partial charge on any atom is 0.317 e. The number of nitrogens with one attached hydrogen (secondary N) is 1. The number of thioether (sulfide) groups is 1. The first kappa shape index (κ1) is 14.6. The lowest BCUT2D eigenvalue weighted by molar-refractivity contribution is 0.124. The molecule has 0 aromatic heterocycles. The average molecular weight is 260 g/mol. The fraction of sp³-hybridized carbons (Fsp3) is 0.917. The van der Waals surface area contributed by atoms with Gasteiger partial charge in [-0.25, -0.2) is 4.79 Å². The number of nitrogens with zero attached hydrogens (tertiary/aromatic N) is 1. The quantitative estimate of drug-likeness (QED) is 0.741. The Labute approximate surface area is 108 Å². The van der Waals surface area contributed by atoms with Crippen LogP contribution in [0.4, 0.5) is 4.79 Å². The van der Waals surface area contributed by atoms with Crippen LogP contribution in [0.1, 0.15) is 20.3 Å². The van der Waals surface area contributed by atoms with E-state index in [0.29, 0.717) is 19.1 Å². The lowest BCUT2D eigenvalue weighted by atomic mass is 10.1. The topological polar surface area (TPSA) is 41.6 Å². The van der Waals surface area contributed by atoms with Gasteiger partial charge in [-0.15, -0.1) is 0 Å². The highest BCUT2D eigenvalue weighted by molar-refractivity contribution is 7.99. The maximum absolute atomic E-state index is 11.7. The molecule has 0 radical (unpaired) electrons. The van der Waals surface area contributed by atoms with E-state index < -0.39 is 0 Å². The first-order valence-electron chi connectivity index (χ1n) is 6.38. The summed E-state index contributed by atoms with van der Waals surface area (Å²) >= 11 is 1.91. The third-order valence-corrected chi connectivity index (χ3v) is 3.60. The fourth-order valence-corrected chi connectivity index (χ4v) is 2.43. The molecule has 1 N–H and O–H groups in total. The van der Waals surface area contributed by atoms with Crippen molar-refractivity contribution in [3.05, 3.63) is 0 Å². The fourth-order valence-electron chi connectivity index (χ4n) is 1.53. The van der Waals surface area contributed by atoms with Crippen LogP contribution in [0.3, 0.4) is 0 Å². The highest BCUT2D eigenvalue weighted by atomic mass is 32.2. The van der Waals surface area contributed by atoms with Gasteiger partial charge in [-0.1, -0.05) is 13.8 Å². The van der Waals surface area contributed by atoms with Crippen molar-refractivity contribution < 1.29 is 9.53 Å². The summed E-state index contributed by atoms with van der Waals surface area (Å²) in [5.74, 6) is 2.78. The number of hydrogen-bond acceptors (Lipinski definition) is 3. The number of urea groups is 1. The molecule has 0 atom stereocenters. The molecule has 1 fully saturated rings. The van der Waals surface area contributed by atoms with Crippen LogP contribution in [-0.4, -0.2) is 55.3 Å². The number of carbonyl (C=O) groups is 1. The molecule has 0 aromatic rings. The molecule has 1 rings (SSSR count). The van der Waals surface area contributed by atoms with Gasteiger partial charge >= 0.3 is 6.03 Å². The molecule has 0 aromatic carbocycles. The Balaban J connectivity index is 1.96. The minimum absolute atomic E-state index is 0.0535. The van der Waals surface area contributed by atoms with Gasteiger partial charge in [0, 0.05) is 37.7 Å². The van der Waals surface area contributed by atoms with E-state index in [2.05, 4.69) is 19.2 Å². The number of rotatable bonds is 6. The third-order valence-electron chi connectivity index (χ3n) is 2.66. The van der Waals surface area contributed by atoms with Gasteiger partial charge in [-0.3, -0.25) is 0 Å². The van der Waals surface area contributed by atoms with Crippen LogP contribution < -0.4 is 5.32 Å². The minimum Gasteiger partial charge on any atom is -0.380 e. The smallest absolute Gasteiger partial charge is 0.317 e. The van der Waals surface area contributed by atoms with Crippen molar-refractivity contribution in [2.75, 3.05) is 44.4 Å². The molecule has 100 valence electrons. The molecule has 17 heavy (non-hydrogen) atoms. The van der Waals surface area contributed by atoms with Crippen molar-refractivity contribution >= 4 is 17.8 Å². The molecule has 0 unspecified atom stereocenters. The molecule has 0 saturated carbocycles. The summed E-state index contributed by atoms with van der Waals surface area (Å²) in [6.45, 7) is 8.10. The van der Waals surface area contributed by atoms with Crippen molar-refractivity contribution in [2.24, 2.45) is 5.92 Å². The van der Waals surface area contributed by atoms with Crippen LogP contribution in [-0.2, 0) is 4.74 Å². The molecular weight excluding hydrogens is 236 g/mol. The Morgan fingerprint density at radius 3 is 2.71 bits per heavy atom. The van der Waals surface area contributed by atoms with Crippen molar-refractivity contribution in [1.29, 1.82) is 0 Å². The monoisotopic (exact) mass is 260 g/mol. The second-order valence-corrected chi connectivity index (χ2v) is 5.85. The lowest BCUT2D eigenvalue weighted by Gasteiger charge is -2.26. The largest absolute Gasteiger partial charge is 0.380 e. The standard InChI is InChI=1S/C12H24N2O2S/c1-11(2)3-7-16-8-4-13-12(15)14-5-9-17-10-6-14/h11H,3-10H2,1-2H3,(H,13,15). The van der Waals surface area contributed by atoms with Gasteiger partial charge < -0.3 is 15.0 Å². The van der Waals surface area contributed by atoms with Gasteiger partial charge in [0.05, 0.1) is 6.61 Å². The zero-order valence-corrected chi connectivity index (χ0v) is 11.7. The predicted molar refractivity (Wildman–Crippen MR) is 72.6 cm³/mol. The van der Waals surface area contributed by atoms with Crippen molar-refractivity contribution in [3.8, 4) is 0 Å². The van der Waals surface area contributed by atoms with Crippen LogP contribution >= 0.6 is 11.8 Å². The van der Waals surface area contributed by atoms with Crippen molar-refractivity contribution in [3.63, 3.8) is 0 Å². The Hall–Kier alpha value is -0.420. The first-order chi connectivity index (χ1) is 8.20. The zero-order chi connectivity index (χ0) is 12.5. The van der Waals surface area contributed by atoms with Crippen LogP contribution in [0.15, 0.2) is 0 Å². The molecule has 0 bridgehead atoms. The van der Waals surface area contributed by atoms with Crippen LogP contribution in [0.25, 0.3) is 0 Å². The van der Waals surface area contributed by atoms with E-state index in [0.717, 1.165) is 37.6 Å². The van der Waals surface area contributed by atoms with Crippen molar-refractivity contribution in [2.45, 2.75) is 20.3 Å². The highest BCUT2D eigenvalue weighted by Gasteiger charge is 2.15. The Morgan fingerprint density at radius 2 is 2.06 bits per heavy atom. The molecule has 4 nitrogen and oxygen atoms in total. The maximum atomic E-state index is 11.7. The average Bonchev–Trinajstić information content (AvgIpc) is 2.34. The van der Waals surface area contributed by atoms with Crippen LogP contribution in [0.5, 0.6) is 0 Å². The van der Waals surface area contributed by atoms with Crippen LogP contribution in [0, 0.1) is 5.92 Å². The Bertz CT molecular complexity index is 219. The number of amides is 2. The van der Waals surface area contributed by atoms with Gasteiger partial charge in [0.2, 0.25) is 0 Å². The Morgan fingerprint density at radius 1 is 1.35 bits per heavy atom. The summed E-state index contributed by atoms with van der Waals surface area (Å²) in [6.07, 6.45) is 1.08. The molecule has 0 spiro atoms. The van der Waals surface area contributed by atoms with Gasteiger partial charge in [0.1, 0.15) is 0 Å². The van der Waals surface area contributed by atoms with E-state index in [1.807, 2.05) is 16.7 Å². The molecule has 1 saturated heterocycles. The van der Waals surface area contributed by atoms with Crippen LogP contribution in [0.2, 0.25) is 0 Å². The highest BCUT2D eigenvalue weighted by Crippen LogP contribution is 2.08. The summed E-state index contributed by atoms with van der Waals surface area (Å²) in [6, 6.07) is 0.0535. The molecule has 0 aliphatic carbocycles.